The second-order valence-corrected chi connectivity index (χ2v) is 7.65. The zero-order valence-electron chi connectivity index (χ0n) is 17.3. The largest absolute Gasteiger partial charge is 0.353 e. The first-order valence-electron chi connectivity index (χ1n) is 9.75. The highest BCUT2D eigenvalue weighted by atomic mass is 35.5. The van der Waals surface area contributed by atoms with E-state index in [2.05, 4.69) is 5.32 Å². The van der Waals surface area contributed by atoms with E-state index < -0.39 is 5.69 Å². The van der Waals surface area contributed by atoms with Gasteiger partial charge in [0.2, 0.25) is 5.91 Å². The predicted molar refractivity (Wildman–Crippen MR) is 119 cm³/mol. The molecule has 0 aliphatic carbocycles. The van der Waals surface area contributed by atoms with Crippen LogP contribution >= 0.6 is 11.6 Å². The number of rotatable bonds is 7. The van der Waals surface area contributed by atoms with Crippen LogP contribution in [0, 0.1) is 0 Å². The topological polar surface area (TPSA) is 76.3 Å². The summed E-state index contributed by atoms with van der Waals surface area (Å²) in [5, 5.41) is 3.93. The number of amides is 1. The molecule has 0 aliphatic rings. The first kappa shape index (κ1) is 21.8. The zero-order valence-corrected chi connectivity index (χ0v) is 18.0. The lowest BCUT2D eigenvalue weighted by atomic mass is 10.1. The van der Waals surface area contributed by atoms with Gasteiger partial charge in [0, 0.05) is 18.1 Å². The summed E-state index contributed by atoms with van der Waals surface area (Å²) >= 11 is 6.33. The molecule has 3 rings (SSSR count). The highest BCUT2D eigenvalue weighted by Gasteiger charge is 2.19. The van der Waals surface area contributed by atoms with Crippen LogP contribution in [0.5, 0.6) is 0 Å². The van der Waals surface area contributed by atoms with Crippen LogP contribution in [0.3, 0.4) is 0 Å². The Labute approximate surface area is 179 Å². The van der Waals surface area contributed by atoms with E-state index in [0.717, 1.165) is 10.1 Å². The lowest BCUT2D eigenvalue weighted by Crippen LogP contribution is -2.43. The molecular formula is C22H25ClN4O3. The number of nitrogens with zero attached hydrogens (tertiary/aromatic N) is 3. The molecule has 8 heteroatoms. The number of carbonyl (C=O) groups excluding carboxylic acids is 1. The standard InChI is InChI=1S/C22H25ClN4O3/c1-4-26-21(29)16-10-6-8-12-18(16)27(22(26)30)14-20(28)24-13-19(25(2)3)15-9-5-7-11-17(15)23/h5-12,19H,4,13-14H2,1-3H3,(H,24,28)/t19-/m0/s1. The van der Waals surface area contributed by atoms with Gasteiger partial charge in [-0.3, -0.25) is 18.7 Å². The maximum atomic E-state index is 12.8. The number of benzene rings is 2. The van der Waals surface area contributed by atoms with Gasteiger partial charge in [0.25, 0.3) is 5.56 Å². The maximum absolute atomic E-state index is 12.8. The molecule has 0 saturated carbocycles. The van der Waals surface area contributed by atoms with E-state index in [0.29, 0.717) is 22.5 Å². The van der Waals surface area contributed by atoms with Crippen molar-refractivity contribution in [2.45, 2.75) is 26.1 Å². The predicted octanol–water partition coefficient (Wildman–Crippen LogP) is 2.26. The van der Waals surface area contributed by atoms with E-state index in [1.807, 2.05) is 43.3 Å². The van der Waals surface area contributed by atoms with E-state index in [1.54, 1.807) is 31.2 Å². The van der Waals surface area contributed by atoms with Gasteiger partial charge in [-0.15, -0.1) is 0 Å². The number of hydrogen-bond donors (Lipinski definition) is 1. The molecule has 0 fully saturated rings. The highest BCUT2D eigenvalue weighted by molar-refractivity contribution is 6.31. The summed E-state index contributed by atoms with van der Waals surface area (Å²) in [6.45, 7) is 2.12. The fourth-order valence-corrected chi connectivity index (χ4v) is 3.79. The summed E-state index contributed by atoms with van der Waals surface area (Å²) in [4.78, 5) is 40.0. The first-order valence-corrected chi connectivity index (χ1v) is 10.1. The third-order valence-corrected chi connectivity index (χ3v) is 5.47. The summed E-state index contributed by atoms with van der Waals surface area (Å²) in [5.74, 6) is -0.317. The SMILES string of the molecule is CCn1c(=O)c2ccccc2n(CC(=O)NC[C@@H](c2ccccc2Cl)N(C)C)c1=O. The molecule has 1 heterocycles. The fourth-order valence-electron chi connectivity index (χ4n) is 3.53. The summed E-state index contributed by atoms with van der Waals surface area (Å²) in [5.41, 5.74) is 0.516. The molecule has 30 heavy (non-hydrogen) atoms. The van der Waals surface area contributed by atoms with Crippen molar-refractivity contribution in [2.75, 3.05) is 20.6 Å². The van der Waals surface area contributed by atoms with Crippen molar-refractivity contribution in [2.24, 2.45) is 0 Å². The van der Waals surface area contributed by atoms with Crippen LogP contribution in [-0.2, 0) is 17.9 Å². The van der Waals surface area contributed by atoms with Crippen LogP contribution in [0.15, 0.2) is 58.1 Å². The molecule has 2 aromatic carbocycles. The van der Waals surface area contributed by atoms with Crippen molar-refractivity contribution in [3.05, 3.63) is 80.0 Å². The molecule has 0 bridgehead atoms. The number of likely N-dealkylation sites (N-methyl/N-ethyl adjacent to an activating group) is 1. The number of aromatic nitrogens is 2. The van der Waals surface area contributed by atoms with Crippen molar-refractivity contribution in [3.8, 4) is 0 Å². The Bertz CT molecular complexity index is 1180. The van der Waals surface area contributed by atoms with Gasteiger partial charge in [-0.05, 0) is 44.8 Å². The van der Waals surface area contributed by atoms with Crippen LogP contribution in [0.1, 0.15) is 18.5 Å². The third kappa shape index (κ3) is 4.32. The average Bonchev–Trinajstić information content (AvgIpc) is 2.72. The van der Waals surface area contributed by atoms with Crippen molar-refractivity contribution >= 4 is 28.4 Å². The van der Waals surface area contributed by atoms with E-state index >= 15 is 0 Å². The molecule has 0 spiro atoms. The Morgan fingerprint density at radius 3 is 2.40 bits per heavy atom. The van der Waals surface area contributed by atoms with Crippen LogP contribution in [0.4, 0.5) is 0 Å². The second-order valence-electron chi connectivity index (χ2n) is 7.24. The number of nitrogens with one attached hydrogen (secondary N) is 1. The summed E-state index contributed by atoms with van der Waals surface area (Å²) < 4.78 is 2.48. The van der Waals surface area contributed by atoms with Gasteiger partial charge in [-0.2, -0.15) is 0 Å². The van der Waals surface area contributed by atoms with Crippen LogP contribution in [0.25, 0.3) is 10.9 Å². The summed E-state index contributed by atoms with van der Waals surface area (Å²) in [6.07, 6.45) is 0. The molecule has 0 unspecified atom stereocenters. The monoisotopic (exact) mass is 428 g/mol. The molecule has 0 saturated heterocycles. The Kier molecular flexibility index (Phi) is 6.74. The molecule has 0 aliphatic heterocycles. The first-order chi connectivity index (χ1) is 14.3. The Hall–Kier alpha value is -2.90. The van der Waals surface area contributed by atoms with E-state index in [1.165, 1.54) is 4.57 Å². The van der Waals surface area contributed by atoms with Gasteiger partial charge < -0.3 is 10.2 Å². The lowest BCUT2D eigenvalue weighted by Gasteiger charge is -2.26. The van der Waals surface area contributed by atoms with Gasteiger partial charge in [-0.25, -0.2) is 4.79 Å². The van der Waals surface area contributed by atoms with Crippen molar-refractivity contribution in [1.82, 2.24) is 19.4 Å². The quantitative estimate of drug-likeness (QED) is 0.626. The molecule has 1 amide bonds. The molecule has 1 aromatic heterocycles. The van der Waals surface area contributed by atoms with E-state index in [4.69, 9.17) is 11.6 Å². The van der Waals surface area contributed by atoms with Crippen molar-refractivity contribution < 1.29 is 4.79 Å². The minimum Gasteiger partial charge on any atom is -0.353 e. The number of carbonyl (C=O) groups is 1. The molecule has 1 N–H and O–H groups in total. The van der Waals surface area contributed by atoms with Gasteiger partial charge >= 0.3 is 5.69 Å². The normalized spacial score (nSPS) is 12.3. The van der Waals surface area contributed by atoms with Gasteiger partial charge in [0.05, 0.1) is 16.9 Å². The number of hydrogen-bond acceptors (Lipinski definition) is 4. The van der Waals surface area contributed by atoms with Crippen LogP contribution in [-0.4, -0.2) is 40.6 Å². The highest BCUT2D eigenvalue weighted by Crippen LogP contribution is 2.25. The van der Waals surface area contributed by atoms with Gasteiger partial charge in [-0.1, -0.05) is 41.9 Å². The van der Waals surface area contributed by atoms with Crippen LogP contribution in [0.2, 0.25) is 5.02 Å². The molecule has 7 nitrogen and oxygen atoms in total. The molecule has 0 radical (unpaired) electrons. The van der Waals surface area contributed by atoms with E-state index in [9.17, 15) is 14.4 Å². The number of para-hydroxylation sites is 1. The zero-order chi connectivity index (χ0) is 21.8. The summed E-state index contributed by atoms with van der Waals surface area (Å²) in [7, 11) is 3.82. The smallest absolute Gasteiger partial charge is 0.331 e. The van der Waals surface area contributed by atoms with E-state index in [-0.39, 0.29) is 30.6 Å². The third-order valence-electron chi connectivity index (χ3n) is 5.13. The summed E-state index contributed by atoms with van der Waals surface area (Å²) in [6, 6.07) is 14.2. The van der Waals surface area contributed by atoms with Gasteiger partial charge in [0.1, 0.15) is 6.54 Å². The Balaban J connectivity index is 1.86. The number of fused-ring (bicyclic) bond motifs is 1. The minimum atomic E-state index is -0.494. The lowest BCUT2D eigenvalue weighted by molar-refractivity contribution is -0.121. The number of halogens is 1. The maximum Gasteiger partial charge on any atom is 0.331 e. The Morgan fingerprint density at radius 2 is 1.73 bits per heavy atom. The molecule has 3 aromatic rings. The second kappa shape index (κ2) is 9.28. The van der Waals surface area contributed by atoms with Crippen molar-refractivity contribution in [3.63, 3.8) is 0 Å². The Morgan fingerprint density at radius 1 is 1.07 bits per heavy atom. The molecule has 1 atom stereocenters. The average molecular weight is 429 g/mol. The molecule has 158 valence electrons. The van der Waals surface area contributed by atoms with Crippen molar-refractivity contribution in [1.29, 1.82) is 0 Å². The van der Waals surface area contributed by atoms with Gasteiger partial charge in [0.15, 0.2) is 0 Å². The molecular weight excluding hydrogens is 404 g/mol. The minimum absolute atomic E-state index is 0.124. The van der Waals surface area contributed by atoms with Crippen LogP contribution < -0.4 is 16.6 Å². The fraction of sp³-hybridized carbons (Fsp3) is 0.318.